The third-order valence-electron chi connectivity index (χ3n) is 3.65. The lowest BCUT2D eigenvalue weighted by molar-refractivity contribution is 0.359. The molecule has 1 aromatic heterocycles. The van der Waals surface area contributed by atoms with Gasteiger partial charge in [-0.25, -0.2) is 0 Å². The largest absolute Gasteiger partial charge is 0.268 e. The van der Waals surface area contributed by atoms with E-state index in [1.807, 2.05) is 6.92 Å². The normalized spacial score (nSPS) is 25.2. The van der Waals surface area contributed by atoms with Crippen LogP contribution in [0.25, 0.3) is 0 Å². The molecule has 0 bridgehead atoms. The van der Waals surface area contributed by atoms with Crippen LogP contribution >= 0.6 is 27.5 Å². The van der Waals surface area contributed by atoms with Gasteiger partial charge in [0.05, 0.1) is 16.4 Å². The number of nitrogens with zero attached hydrogens (tertiary/aromatic N) is 2. The first-order valence-corrected chi connectivity index (χ1v) is 7.77. The van der Waals surface area contributed by atoms with Crippen molar-refractivity contribution in [1.29, 1.82) is 0 Å². The number of alkyl halides is 1. The summed E-state index contributed by atoms with van der Waals surface area (Å²) in [6.07, 6.45) is 6.32. The zero-order valence-electron chi connectivity index (χ0n) is 10.5. The summed E-state index contributed by atoms with van der Waals surface area (Å²) in [5.74, 6) is 0.757. The molecule has 2 atom stereocenters. The van der Waals surface area contributed by atoms with E-state index in [9.17, 15) is 0 Å². The van der Waals surface area contributed by atoms with Crippen molar-refractivity contribution in [2.75, 3.05) is 0 Å². The average Bonchev–Trinajstić information content (AvgIpc) is 2.57. The molecule has 0 N–H and O–H groups in total. The van der Waals surface area contributed by atoms with E-state index >= 15 is 0 Å². The second-order valence-corrected chi connectivity index (χ2v) is 6.67. The summed E-state index contributed by atoms with van der Waals surface area (Å²) in [5.41, 5.74) is 2.20. The first-order valence-electron chi connectivity index (χ1n) is 6.47. The Balaban J connectivity index is 2.12. The Bertz CT molecular complexity index is 389. The first-order chi connectivity index (χ1) is 8.11. The Morgan fingerprint density at radius 2 is 2.24 bits per heavy atom. The summed E-state index contributed by atoms with van der Waals surface area (Å²) in [6.45, 7) is 5.03. The molecule has 0 aliphatic heterocycles. The monoisotopic (exact) mass is 318 g/mol. The molecule has 0 spiro atoms. The van der Waals surface area contributed by atoms with Crippen molar-refractivity contribution in [2.45, 2.75) is 57.3 Å². The zero-order valence-corrected chi connectivity index (χ0v) is 12.9. The molecule has 17 heavy (non-hydrogen) atoms. The lowest BCUT2D eigenvalue weighted by atomic mass is 9.86. The summed E-state index contributed by atoms with van der Waals surface area (Å²) < 4.78 is 2.06. The molecule has 1 aromatic rings. The van der Waals surface area contributed by atoms with Crippen LogP contribution in [0.3, 0.4) is 0 Å². The number of aromatic nitrogens is 2. The van der Waals surface area contributed by atoms with E-state index in [-0.39, 0.29) is 0 Å². The predicted octanol–water partition coefficient (Wildman–Crippen LogP) is 4.36. The van der Waals surface area contributed by atoms with Gasteiger partial charge in [-0.15, -0.1) is 0 Å². The lowest BCUT2D eigenvalue weighted by Crippen LogP contribution is -2.18. The van der Waals surface area contributed by atoms with Gasteiger partial charge in [-0.2, -0.15) is 5.10 Å². The van der Waals surface area contributed by atoms with Crippen LogP contribution in [-0.2, 0) is 13.0 Å². The van der Waals surface area contributed by atoms with Gasteiger partial charge in [-0.3, -0.25) is 4.68 Å². The van der Waals surface area contributed by atoms with Crippen molar-refractivity contribution in [1.82, 2.24) is 9.78 Å². The smallest absolute Gasteiger partial charge is 0.0847 e. The van der Waals surface area contributed by atoms with Crippen LogP contribution in [0.4, 0.5) is 0 Å². The second kappa shape index (κ2) is 5.75. The molecule has 4 heteroatoms. The van der Waals surface area contributed by atoms with Crippen LogP contribution < -0.4 is 0 Å². The molecule has 2 nitrogen and oxygen atoms in total. The molecule has 0 saturated heterocycles. The minimum atomic E-state index is 0.694. The van der Waals surface area contributed by atoms with Crippen LogP contribution in [0, 0.1) is 12.8 Å². The van der Waals surface area contributed by atoms with Crippen molar-refractivity contribution >= 4 is 27.5 Å². The van der Waals surface area contributed by atoms with Gasteiger partial charge in [0.25, 0.3) is 0 Å². The Morgan fingerprint density at radius 3 is 2.88 bits per heavy atom. The number of rotatable bonds is 3. The summed E-state index contributed by atoms with van der Waals surface area (Å²) in [7, 11) is 0. The van der Waals surface area contributed by atoms with E-state index in [2.05, 4.69) is 32.6 Å². The number of hydrogen-bond acceptors (Lipinski definition) is 1. The Hall–Kier alpha value is -0.0200. The molecule has 1 aliphatic rings. The van der Waals surface area contributed by atoms with Crippen molar-refractivity contribution < 1.29 is 0 Å². The first kappa shape index (κ1) is 13.4. The highest BCUT2D eigenvalue weighted by molar-refractivity contribution is 9.09. The van der Waals surface area contributed by atoms with Crippen molar-refractivity contribution in [3.05, 3.63) is 16.4 Å². The van der Waals surface area contributed by atoms with E-state index in [1.54, 1.807) is 0 Å². The SMILES string of the molecule is CCn1nc(C)c(Cl)c1CC1CCCC(Br)C1. The van der Waals surface area contributed by atoms with Gasteiger partial charge in [0.2, 0.25) is 0 Å². The van der Waals surface area contributed by atoms with Gasteiger partial charge in [0.1, 0.15) is 0 Å². The van der Waals surface area contributed by atoms with E-state index in [0.717, 1.165) is 29.6 Å². The maximum Gasteiger partial charge on any atom is 0.0847 e. The van der Waals surface area contributed by atoms with E-state index in [0.29, 0.717) is 4.83 Å². The standard InChI is InChI=1S/C13H20BrClN2/c1-3-17-12(13(15)9(2)16-17)8-10-5-4-6-11(14)7-10/h10-11H,3-8H2,1-2H3. The summed E-state index contributed by atoms with van der Waals surface area (Å²) >= 11 is 10.1. The van der Waals surface area contributed by atoms with E-state index in [1.165, 1.54) is 31.4 Å². The molecule has 0 aromatic carbocycles. The summed E-state index contributed by atoms with van der Waals surface area (Å²) in [4.78, 5) is 0.694. The number of halogens is 2. The molecule has 1 aliphatic carbocycles. The fraction of sp³-hybridized carbons (Fsp3) is 0.769. The molecule has 0 amide bonds. The topological polar surface area (TPSA) is 17.8 Å². The van der Waals surface area contributed by atoms with Crippen molar-refractivity contribution in [3.63, 3.8) is 0 Å². The fourth-order valence-electron chi connectivity index (χ4n) is 2.75. The molecule has 1 saturated carbocycles. The van der Waals surface area contributed by atoms with Gasteiger partial charge in [-0.1, -0.05) is 34.0 Å². The highest BCUT2D eigenvalue weighted by Crippen LogP contribution is 2.33. The maximum atomic E-state index is 6.35. The van der Waals surface area contributed by atoms with Gasteiger partial charge in [-0.05, 0) is 45.4 Å². The summed E-state index contributed by atoms with van der Waals surface area (Å²) in [5, 5.41) is 5.36. The Kier molecular flexibility index (Phi) is 4.53. The Labute approximate surface area is 117 Å². The van der Waals surface area contributed by atoms with Crippen molar-refractivity contribution in [3.8, 4) is 0 Å². The molecule has 96 valence electrons. The quantitative estimate of drug-likeness (QED) is 0.757. The van der Waals surface area contributed by atoms with E-state index < -0.39 is 0 Å². The van der Waals surface area contributed by atoms with Crippen LogP contribution in [0.15, 0.2) is 0 Å². The maximum absolute atomic E-state index is 6.35. The fourth-order valence-corrected chi connectivity index (χ4v) is 3.81. The summed E-state index contributed by atoms with van der Waals surface area (Å²) in [6, 6.07) is 0. The van der Waals surface area contributed by atoms with Gasteiger partial charge in [0, 0.05) is 11.4 Å². The van der Waals surface area contributed by atoms with Gasteiger partial charge in [0.15, 0.2) is 0 Å². The molecule has 2 rings (SSSR count). The van der Waals surface area contributed by atoms with Gasteiger partial charge < -0.3 is 0 Å². The minimum absolute atomic E-state index is 0.694. The molecule has 0 radical (unpaired) electrons. The molecular weight excluding hydrogens is 300 g/mol. The third-order valence-corrected chi connectivity index (χ3v) is 4.98. The van der Waals surface area contributed by atoms with Crippen molar-refractivity contribution in [2.24, 2.45) is 5.92 Å². The average molecular weight is 320 g/mol. The van der Waals surface area contributed by atoms with E-state index in [4.69, 9.17) is 11.6 Å². The van der Waals surface area contributed by atoms with Gasteiger partial charge >= 0.3 is 0 Å². The number of hydrogen-bond donors (Lipinski definition) is 0. The minimum Gasteiger partial charge on any atom is -0.268 e. The molecule has 1 heterocycles. The highest BCUT2D eigenvalue weighted by atomic mass is 79.9. The number of aryl methyl sites for hydroxylation is 2. The van der Waals surface area contributed by atoms with Crippen LogP contribution in [0.2, 0.25) is 5.02 Å². The Morgan fingerprint density at radius 1 is 1.47 bits per heavy atom. The van der Waals surface area contributed by atoms with Crippen LogP contribution in [0.1, 0.15) is 44.0 Å². The molecular formula is C13H20BrClN2. The predicted molar refractivity (Wildman–Crippen MR) is 76.0 cm³/mol. The highest BCUT2D eigenvalue weighted by Gasteiger charge is 2.23. The second-order valence-electron chi connectivity index (χ2n) is 5.00. The molecule has 2 unspecified atom stereocenters. The third kappa shape index (κ3) is 3.05. The zero-order chi connectivity index (χ0) is 12.4. The lowest BCUT2D eigenvalue weighted by Gasteiger charge is -2.25. The van der Waals surface area contributed by atoms with Crippen LogP contribution in [0.5, 0.6) is 0 Å². The van der Waals surface area contributed by atoms with Crippen LogP contribution in [-0.4, -0.2) is 14.6 Å². The molecule has 1 fully saturated rings.